The first kappa shape index (κ1) is 12.4. The molecule has 0 bridgehead atoms. The van der Waals surface area contributed by atoms with Crippen LogP contribution in [0.3, 0.4) is 0 Å². The van der Waals surface area contributed by atoms with Crippen LogP contribution in [-0.4, -0.2) is 36.1 Å². The van der Waals surface area contributed by atoms with Gasteiger partial charge in [0.05, 0.1) is 0 Å². The van der Waals surface area contributed by atoms with Crippen LogP contribution in [0.4, 0.5) is 0 Å². The van der Waals surface area contributed by atoms with E-state index in [1.54, 1.807) is 0 Å². The molecule has 0 unspecified atom stereocenters. The summed E-state index contributed by atoms with van der Waals surface area (Å²) in [6.45, 7) is 7.17. The SMILES string of the molecule is Cc1cc2cc(CN3CCNCC3)ccc2[nH]c1=O. The molecule has 1 fully saturated rings. The van der Waals surface area contributed by atoms with E-state index >= 15 is 0 Å². The highest BCUT2D eigenvalue weighted by atomic mass is 16.1. The molecule has 2 N–H and O–H groups in total. The summed E-state index contributed by atoms with van der Waals surface area (Å²) in [7, 11) is 0. The van der Waals surface area contributed by atoms with Gasteiger partial charge in [0, 0.05) is 43.8 Å². The molecule has 2 heterocycles. The first-order valence-corrected chi connectivity index (χ1v) is 6.78. The normalized spacial score (nSPS) is 16.9. The fourth-order valence-electron chi connectivity index (χ4n) is 2.59. The Morgan fingerprint density at radius 1 is 1.21 bits per heavy atom. The Balaban J connectivity index is 1.88. The van der Waals surface area contributed by atoms with Gasteiger partial charge in [-0.1, -0.05) is 6.07 Å². The second kappa shape index (κ2) is 5.15. The van der Waals surface area contributed by atoms with Gasteiger partial charge in [0.15, 0.2) is 0 Å². The van der Waals surface area contributed by atoms with E-state index in [-0.39, 0.29) is 5.56 Å². The summed E-state index contributed by atoms with van der Waals surface area (Å²) in [5.41, 5.74) is 3.00. The van der Waals surface area contributed by atoms with E-state index in [1.165, 1.54) is 5.56 Å². The minimum absolute atomic E-state index is 0.00218. The van der Waals surface area contributed by atoms with Crippen molar-refractivity contribution in [2.24, 2.45) is 0 Å². The number of nitrogens with one attached hydrogen (secondary N) is 2. The molecule has 19 heavy (non-hydrogen) atoms. The molecule has 1 aliphatic heterocycles. The molecule has 0 radical (unpaired) electrons. The highest BCUT2D eigenvalue weighted by molar-refractivity contribution is 5.79. The van der Waals surface area contributed by atoms with Gasteiger partial charge in [-0.3, -0.25) is 9.69 Å². The summed E-state index contributed by atoms with van der Waals surface area (Å²) in [6.07, 6.45) is 0. The number of piperazine rings is 1. The van der Waals surface area contributed by atoms with Gasteiger partial charge in [0.2, 0.25) is 0 Å². The standard InChI is InChI=1S/C15H19N3O/c1-11-8-13-9-12(2-3-14(13)17-15(11)19)10-18-6-4-16-5-7-18/h2-3,8-9,16H,4-7,10H2,1H3,(H,17,19). The van der Waals surface area contributed by atoms with Gasteiger partial charge in [-0.05, 0) is 36.1 Å². The smallest absolute Gasteiger partial charge is 0.251 e. The van der Waals surface area contributed by atoms with Crippen LogP contribution in [0, 0.1) is 6.92 Å². The number of fused-ring (bicyclic) bond motifs is 1. The zero-order chi connectivity index (χ0) is 13.2. The minimum atomic E-state index is 0.00218. The molecule has 4 nitrogen and oxygen atoms in total. The topological polar surface area (TPSA) is 48.1 Å². The minimum Gasteiger partial charge on any atom is -0.322 e. The van der Waals surface area contributed by atoms with Gasteiger partial charge in [-0.2, -0.15) is 0 Å². The summed E-state index contributed by atoms with van der Waals surface area (Å²) < 4.78 is 0. The van der Waals surface area contributed by atoms with Gasteiger partial charge >= 0.3 is 0 Å². The largest absolute Gasteiger partial charge is 0.322 e. The van der Waals surface area contributed by atoms with E-state index in [1.807, 2.05) is 19.1 Å². The maximum atomic E-state index is 11.6. The highest BCUT2D eigenvalue weighted by Gasteiger charge is 2.10. The summed E-state index contributed by atoms with van der Waals surface area (Å²) >= 11 is 0. The number of hydrogen-bond donors (Lipinski definition) is 2. The van der Waals surface area contributed by atoms with Crippen molar-refractivity contribution in [1.29, 1.82) is 0 Å². The van der Waals surface area contributed by atoms with Gasteiger partial charge in [0.25, 0.3) is 5.56 Å². The average molecular weight is 257 g/mol. The number of aromatic amines is 1. The van der Waals surface area contributed by atoms with Crippen LogP contribution in [0.5, 0.6) is 0 Å². The maximum absolute atomic E-state index is 11.6. The zero-order valence-corrected chi connectivity index (χ0v) is 11.2. The van der Waals surface area contributed by atoms with Crippen molar-refractivity contribution in [2.45, 2.75) is 13.5 Å². The molecule has 100 valence electrons. The number of H-pyrrole nitrogens is 1. The highest BCUT2D eigenvalue weighted by Crippen LogP contribution is 2.15. The lowest BCUT2D eigenvalue weighted by molar-refractivity contribution is 0.233. The molecular weight excluding hydrogens is 238 g/mol. The van der Waals surface area contributed by atoms with Gasteiger partial charge in [-0.15, -0.1) is 0 Å². The van der Waals surface area contributed by atoms with Gasteiger partial charge in [-0.25, -0.2) is 0 Å². The molecule has 0 atom stereocenters. The molecule has 3 rings (SSSR count). The number of nitrogens with zero attached hydrogens (tertiary/aromatic N) is 1. The van der Waals surface area contributed by atoms with E-state index < -0.39 is 0 Å². The van der Waals surface area contributed by atoms with Crippen molar-refractivity contribution >= 4 is 10.9 Å². The van der Waals surface area contributed by atoms with E-state index in [0.717, 1.165) is 49.2 Å². The first-order chi connectivity index (χ1) is 9.22. The van der Waals surface area contributed by atoms with Crippen LogP contribution < -0.4 is 10.9 Å². The molecular formula is C15H19N3O. The number of benzene rings is 1. The third kappa shape index (κ3) is 2.69. The molecule has 0 spiro atoms. The van der Waals surface area contributed by atoms with E-state index in [9.17, 15) is 4.79 Å². The van der Waals surface area contributed by atoms with Crippen molar-refractivity contribution in [3.05, 3.63) is 45.7 Å². The quantitative estimate of drug-likeness (QED) is 0.851. The molecule has 0 saturated carbocycles. The van der Waals surface area contributed by atoms with Gasteiger partial charge in [0.1, 0.15) is 0 Å². The maximum Gasteiger partial charge on any atom is 0.251 e. The number of pyridine rings is 1. The van der Waals surface area contributed by atoms with Crippen LogP contribution in [0.25, 0.3) is 10.9 Å². The molecule has 4 heteroatoms. The molecule has 1 saturated heterocycles. The molecule has 1 aromatic carbocycles. The molecule has 0 aliphatic carbocycles. The monoisotopic (exact) mass is 257 g/mol. The second-order valence-corrected chi connectivity index (χ2v) is 5.23. The molecule has 0 amide bonds. The fourth-order valence-corrected chi connectivity index (χ4v) is 2.59. The Kier molecular flexibility index (Phi) is 3.36. The van der Waals surface area contributed by atoms with E-state index in [4.69, 9.17) is 0 Å². The molecule has 1 aliphatic rings. The van der Waals surface area contributed by atoms with E-state index in [2.05, 4.69) is 27.3 Å². The predicted molar refractivity (Wildman–Crippen MR) is 77.5 cm³/mol. The lowest BCUT2D eigenvalue weighted by atomic mass is 10.1. The van der Waals surface area contributed by atoms with Crippen molar-refractivity contribution in [3.8, 4) is 0 Å². The van der Waals surface area contributed by atoms with Crippen LogP contribution >= 0.6 is 0 Å². The average Bonchev–Trinajstić information content (AvgIpc) is 2.42. The van der Waals surface area contributed by atoms with Crippen molar-refractivity contribution in [3.63, 3.8) is 0 Å². The van der Waals surface area contributed by atoms with Crippen molar-refractivity contribution in [2.75, 3.05) is 26.2 Å². The Hall–Kier alpha value is -1.65. The van der Waals surface area contributed by atoms with Crippen molar-refractivity contribution in [1.82, 2.24) is 15.2 Å². The summed E-state index contributed by atoms with van der Waals surface area (Å²) in [5, 5.41) is 4.48. The fraction of sp³-hybridized carbons (Fsp3) is 0.400. The number of aromatic nitrogens is 1. The third-order valence-corrected chi connectivity index (χ3v) is 3.71. The van der Waals surface area contributed by atoms with Crippen LogP contribution in [0.15, 0.2) is 29.1 Å². The Morgan fingerprint density at radius 3 is 2.79 bits per heavy atom. The lowest BCUT2D eigenvalue weighted by Gasteiger charge is -2.27. The van der Waals surface area contributed by atoms with Crippen molar-refractivity contribution < 1.29 is 0 Å². The number of aryl methyl sites for hydroxylation is 1. The lowest BCUT2D eigenvalue weighted by Crippen LogP contribution is -2.42. The van der Waals surface area contributed by atoms with Crippen LogP contribution in [-0.2, 0) is 6.54 Å². The zero-order valence-electron chi connectivity index (χ0n) is 11.2. The predicted octanol–water partition coefficient (Wildman–Crippen LogP) is 1.24. The second-order valence-electron chi connectivity index (χ2n) is 5.23. The number of rotatable bonds is 2. The van der Waals surface area contributed by atoms with Gasteiger partial charge < -0.3 is 10.3 Å². The van der Waals surface area contributed by atoms with E-state index in [0.29, 0.717) is 0 Å². The van der Waals surface area contributed by atoms with Crippen LogP contribution in [0.2, 0.25) is 0 Å². The number of hydrogen-bond acceptors (Lipinski definition) is 3. The summed E-state index contributed by atoms with van der Waals surface area (Å²) in [5.74, 6) is 0. The first-order valence-electron chi connectivity index (χ1n) is 6.78. The Bertz CT molecular complexity index is 641. The molecule has 2 aromatic rings. The Morgan fingerprint density at radius 2 is 2.00 bits per heavy atom. The van der Waals surface area contributed by atoms with Crippen LogP contribution in [0.1, 0.15) is 11.1 Å². The third-order valence-electron chi connectivity index (χ3n) is 3.71. The summed E-state index contributed by atoms with van der Waals surface area (Å²) in [4.78, 5) is 16.9. The molecule has 1 aromatic heterocycles. The summed E-state index contributed by atoms with van der Waals surface area (Å²) in [6, 6.07) is 8.26. The Labute approximate surface area is 112 Å².